The first-order chi connectivity index (χ1) is 8.29. The number of rotatable bonds is 4. The van der Waals surface area contributed by atoms with Crippen molar-refractivity contribution < 1.29 is 4.79 Å². The van der Waals surface area contributed by atoms with Crippen LogP contribution < -0.4 is 11.1 Å². The van der Waals surface area contributed by atoms with Gasteiger partial charge in [0.25, 0.3) is 0 Å². The maximum atomic E-state index is 11.3. The second-order valence-electron chi connectivity index (χ2n) is 4.27. The van der Waals surface area contributed by atoms with Gasteiger partial charge in [0.15, 0.2) is 0 Å². The molecule has 1 saturated carbocycles. The van der Waals surface area contributed by atoms with Crippen LogP contribution in [0.4, 0.5) is 5.69 Å². The molecule has 3 nitrogen and oxygen atoms in total. The topological polar surface area (TPSA) is 55.1 Å². The van der Waals surface area contributed by atoms with E-state index in [9.17, 15) is 4.79 Å². The number of hydrogen-bond acceptors (Lipinski definition) is 3. The highest BCUT2D eigenvalue weighted by Gasteiger charge is 2.17. The Bertz CT molecular complexity index is 394. The standard InChI is InChI=1S/C13H18N2OS.ClH/c14-9-13(16)15-11-7-3-4-8-12(11)17-10-5-1-2-6-10;/h3-4,7-8,10H,1-2,5-6,9,14H2,(H,15,16);1H. The monoisotopic (exact) mass is 286 g/mol. The van der Waals surface area contributed by atoms with E-state index in [1.165, 1.54) is 25.7 Å². The number of amides is 1. The minimum Gasteiger partial charge on any atom is -0.324 e. The highest BCUT2D eigenvalue weighted by Crippen LogP contribution is 2.37. The predicted octanol–water partition coefficient (Wildman–Crippen LogP) is 3.04. The zero-order chi connectivity index (χ0) is 12.1. The van der Waals surface area contributed by atoms with Gasteiger partial charge in [-0.25, -0.2) is 0 Å². The summed E-state index contributed by atoms with van der Waals surface area (Å²) in [4.78, 5) is 12.5. The van der Waals surface area contributed by atoms with E-state index in [4.69, 9.17) is 5.73 Å². The second kappa shape index (κ2) is 7.67. The van der Waals surface area contributed by atoms with Crippen molar-refractivity contribution in [2.24, 2.45) is 5.73 Å². The molecule has 0 saturated heterocycles. The number of hydrogen-bond donors (Lipinski definition) is 2. The molecule has 5 heteroatoms. The van der Waals surface area contributed by atoms with Crippen molar-refractivity contribution in [3.63, 3.8) is 0 Å². The molecule has 1 fully saturated rings. The molecular formula is C13H19ClN2OS. The molecule has 0 aliphatic heterocycles. The molecule has 1 aromatic rings. The molecule has 1 amide bonds. The number of para-hydroxylation sites is 1. The maximum absolute atomic E-state index is 11.3. The number of carbonyl (C=O) groups excluding carboxylic acids is 1. The average Bonchev–Trinajstić information content (AvgIpc) is 2.84. The van der Waals surface area contributed by atoms with Crippen LogP contribution in [0, 0.1) is 0 Å². The fourth-order valence-corrected chi connectivity index (χ4v) is 3.39. The van der Waals surface area contributed by atoms with Crippen molar-refractivity contribution in [2.75, 3.05) is 11.9 Å². The normalized spacial score (nSPS) is 15.2. The SMILES string of the molecule is Cl.NCC(=O)Nc1ccccc1SC1CCCC1. The molecule has 3 N–H and O–H groups in total. The highest BCUT2D eigenvalue weighted by molar-refractivity contribution is 8.00. The summed E-state index contributed by atoms with van der Waals surface area (Å²) in [6.45, 7) is 0.0302. The van der Waals surface area contributed by atoms with Crippen molar-refractivity contribution >= 4 is 35.8 Å². The lowest BCUT2D eigenvalue weighted by atomic mass is 10.3. The van der Waals surface area contributed by atoms with Crippen molar-refractivity contribution in [1.29, 1.82) is 0 Å². The molecular weight excluding hydrogens is 268 g/mol. The fraction of sp³-hybridized carbons (Fsp3) is 0.462. The minimum absolute atomic E-state index is 0. The lowest BCUT2D eigenvalue weighted by Gasteiger charge is -2.13. The van der Waals surface area contributed by atoms with Gasteiger partial charge in [0.1, 0.15) is 0 Å². The summed E-state index contributed by atoms with van der Waals surface area (Å²) >= 11 is 1.87. The van der Waals surface area contributed by atoms with Gasteiger partial charge in [0, 0.05) is 10.1 Å². The Balaban J connectivity index is 0.00000162. The Hall–Kier alpha value is -0.710. The first-order valence-electron chi connectivity index (χ1n) is 6.05. The van der Waals surface area contributed by atoms with Gasteiger partial charge in [-0.15, -0.1) is 24.2 Å². The van der Waals surface area contributed by atoms with Gasteiger partial charge in [0.05, 0.1) is 12.2 Å². The maximum Gasteiger partial charge on any atom is 0.238 e. The number of halogens is 1. The average molecular weight is 287 g/mol. The van der Waals surface area contributed by atoms with Gasteiger partial charge >= 0.3 is 0 Å². The molecule has 1 aliphatic rings. The van der Waals surface area contributed by atoms with E-state index in [-0.39, 0.29) is 24.9 Å². The molecule has 18 heavy (non-hydrogen) atoms. The first kappa shape index (κ1) is 15.3. The number of anilines is 1. The third-order valence-corrected chi connectivity index (χ3v) is 4.36. The van der Waals surface area contributed by atoms with E-state index in [0.717, 1.165) is 10.6 Å². The van der Waals surface area contributed by atoms with Crippen LogP contribution in [0.2, 0.25) is 0 Å². The van der Waals surface area contributed by atoms with E-state index >= 15 is 0 Å². The van der Waals surface area contributed by atoms with Crippen LogP contribution in [0.1, 0.15) is 25.7 Å². The van der Waals surface area contributed by atoms with E-state index in [1.54, 1.807) is 0 Å². The van der Waals surface area contributed by atoms with Gasteiger partial charge in [-0.1, -0.05) is 25.0 Å². The van der Waals surface area contributed by atoms with Crippen molar-refractivity contribution in [3.05, 3.63) is 24.3 Å². The fourth-order valence-electron chi connectivity index (χ4n) is 2.06. The van der Waals surface area contributed by atoms with E-state index in [1.807, 2.05) is 30.0 Å². The number of nitrogens with one attached hydrogen (secondary N) is 1. The number of nitrogens with two attached hydrogens (primary N) is 1. The van der Waals surface area contributed by atoms with Crippen molar-refractivity contribution in [1.82, 2.24) is 0 Å². The van der Waals surface area contributed by atoms with Crippen LogP contribution in [-0.4, -0.2) is 17.7 Å². The smallest absolute Gasteiger partial charge is 0.238 e. The molecule has 2 rings (SSSR count). The predicted molar refractivity (Wildman–Crippen MR) is 79.5 cm³/mol. The molecule has 100 valence electrons. The molecule has 0 unspecified atom stereocenters. The zero-order valence-electron chi connectivity index (χ0n) is 10.2. The summed E-state index contributed by atoms with van der Waals surface area (Å²) in [5.41, 5.74) is 6.20. The number of carbonyl (C=O) groups is 1. The Morgan fingerprint density at radius 3 is 2.67 bits per heavy atom. The van der Waals surface area contributed by atoms with Gasteiger partial charge in [-0.2, -0.15) is 0 Å². The Morgan fingerprint density at radius 2 is 2.00 bits per heavy atom. The Morgan fingerprint density at radius 1 is 1.33 bits per heavy atom. The molecule has 0 aromatic heterocycles. The van der Waals surface area contributed by atoms with Crippen LogP contribution in [0.15, 0.2) is 29.2 Å². The van der Waals surface area contributed by atoms with Crippen LogP contribution in [0.25, 0.3) is 0 Å². The third-order valence-electron chi connectivity index (χ3n) is 2.94. The van der Waals surface area contributed by atoms with Crippen LogP contribution in [0.5, 0.6) is 0 Å². The number of thioether (sulfide) groups is 1. The first-order valence-corrected chi connectivity index (χ1v) is 6.93. The quantitative estimate of drug-likeness (QED) is 0.894. The molecule has 1 aliphatic carbocycles. The summed E-state index contributed by atoms with van der Waals surface area (Å²) in [5.74, 6) is -0.135. The summed E-state index contributed by atoms with van der Waals surface area (Å²) in [6.07, 6.45) is 5.22. The van der Waals surface area contributed by atoms with E-state index in [0.29, 0.717) is 5.25 Å². The zero-order valence-corrected chi connectivity index (χ0v) is 11.9. The summed E-state index contributed by atoms with van der Waals surface area (Å²) < 4.78 is 0. The largest absolute Gasteiger partial charge is 0.324 e. The lowest BCUT2D eigenvalue weighted by molar-refractivity contribution is -0.114. The van der Waals surface area contributed by atoms with E-state index < -0.39 is 0 Å². The van der Waals surface area contributed by atoms with Crippen LogP contribution >= 0.6 is 24.2 Å². The molecule has 0 radical (unpaired) electrons. The van der Waals surface area contributed by atoms with Gasteiger partial charge < -0.3 is 11.1 Å². The molecule has 0 bridgehead atoms. The summed E-state index contributed by atoms with van der Waals surface area (Å²) in [5, 5.41) is 3.55. The van der Waals surface area contributed by atoms with Crippen molar-refractivity contribution in [2.45, 2.75) is 35.8 Å². The summed E-state index contributed by atoms with van der Waals surface area (Å²) in [6, 6.07) is 7.94. The third kappa shape index (κ3) is 4.19. The Kier molecular flexibility index (Phi) is 6.54. The lowest BCUT2D eigenvalue weighted by Crippen LogP contribution is -2.22. The second-order valence-corrected chi connectivity index (χ2v) is 5.61. The van der Waals surface area contributed by atoms with Crippen LogP contribution in [0.3, 0.4) is 0 Å². The van der Waals surface area contributed by atoms with Gasteiger partial charge in [-0.3, -0.25) is 4.79 Å². The Labute approximate surface area is 118 Å². The van der Waals surface area contributed by atoms with Crippen molar-refractivity contribution in [3.8, 4) is 0 Å². The minimum atomic E-state index is -0.135. The molecule has 1 aromatic carbocycles. The van der Waals surface area contributed by atoms with Gasteiger partial charge in [0.2, 0.25) is 5.91 Å². The highest BCUT2D eigenvalue weighted by atomic mass is 35.5. The molecule has 0 spiro atoms. The molecule has 0 atom stereocenters. The number of benzene rings is 1. The molecule has 0 heterocycles. The van der Waals surface area contributed by atoms with E-state index in [2.05, 4.69) is 11.4 Å². The van der Waals surface area contributed by atoms with Gasteiger partial charge in [-0.05, 0) is 25.0 Å². The summed E-state index contributed by atoms with van der Waals surface area (Å²) in [7, 11) is 0. The van der Waals surface area contributed by atoms with Crippen LogP contribution in [-0.2, 0) is 4.79 Å².